The minimum Gasteiger partial charge on any atom is -0.376 e. The SMILES string of the molecule is COC1(CNC(=O)c2nc3ccccc3s2)Cc2ccccc2C1. The Labute approximate surface area is 144 Å². The van der Waals surface area contributed by atoms with Gasteiger partial charge in [0, 0.05) is 26.5 Å². The Morgan fingerprint density at radius 1 is 1.17 bits per heavy atom. The van der Waals surface area contributed by atoms with Crippen molar-refractivity contribution in [2.75, 3.05) is 13.7 Å². The zero-order valence-electron chi connectivity index (χ0n) is 13.4. The Morgan fingerprint density at radius 2 is 1.83 bits per heavy atom. The van der Waals surface area contributed by atoms with Crippen molar-refractivity contribution in [3.8, 4) is 0 Å². The van der Waals surface area contributed by atoms with Crippen LogP contribution in [-0.4, -0.2) is 30.1 Å². The van der Waals surface area contributed by atoms with E-state index in [0.29, 0.717) is 11.6 Å². The van der Waals surface area contributed by atoms with Gasteiger partial charge in [0.25, 0.3) is 5.91 Å². The molecule has 0 unspecified atom stereocenters. The van der Waals surface area contributed by atoms with E-state index in [0.717, 1.165) is 23.1 Å². The molecule has 1 aromatic heterocycles. The fourth-order valence-electron chi connectivity index (χ4n) is 3.29. The number of hydrogen-bond acceptors (Lipinski definition) is 4. The fraction of sp³-hybridized carbons (Fsp3) is 0.263. The van der Waals surface area contributed by atoms with Crippen LogP contribution in [0.3, 0.4) is 0 Å². The second-order valence-electron chi connectivity index (χ2n) is 6.18. The molecule has 5 heteroatoms. The lowest BCUT2D eigenvalue weighted by molar-refractivity contribution is 0.000177. The average molecular weight is 338 g/mol. The van der Waals surface area contributed by atoms with Gasteiger partial charge in [-0.05, 0) is 23.3 Å². The average Bonchev–Trinajstić information content (AvgIpc) is 3.21. The largest absolute Gasteiger partial charge is 0.376 e. The van der Waals surface area contributed by atoms with Crippen LogP contribution in [-0.2, 0) is 17.6 Å². The second kappa shape index (κ2) is 6.00. The molecule has 4 rings (SSSR count). The molecule has 1 aliphatic carbocycles. The van der Waals surface area contributed by atoms with Crippen molar-refractivity contribution < 1.29 is 9.53 Å². The summed E-state index contributed by atoms with van der Waals surface area (Å²) in [5, 5.41) is 3.51. The van der Waals surface area contributed by atoms with Crippen LogP contribution in [0.2, 0.25) is 0 Å². The molecular formula is C19H18N2O2S. The molecule has 1 amide bonds. The molecular weight excluding hydrogens is 320 g/mol. The first kappa shape index (κ1) is 15.3. The van der Waals surface area contributed by atoms with E-state index in [1.54, 1.807) is 7.11 Å². The number of methoxy groups -OCH3 is 1. The summed E-state index contributed by atoms with van der Waals surface area (Å²) in [4.78, 5) is 16.9. The summed E-state index contributed by atoms with van der Waals surface area (Å²) in [6.45, 7) is 0.479. The summed E-state index contributed by atoms with van der Waals surface area (Å²) in [7, 11) is 1.72. The minimum absolute atomic E-state index is 0.136. The second-order valence-corrected chi connectivity index (χ2v) is 7.21. The number of carbonyl (C=O) groups is 1. The molecule has 0 aliphatic heterocycles. The Bertz CT molecular complexity index is 845. The number of fused-ring (bicyclic) bond motifs is 2. The van der Waals surface area contributed by atoms with Crippen LogP contribution in [0.1, 0.15) is 20.9 Å². The first-order valence-corrected chi connectivity index (χ1v) is 8.76. The van der Waals surface area contributed by atoms with E-state index in [1.807, 2.05) is 36.4 Å². The number of nitrogens with one attached hydrogen (secondary N) is 1. The standard InChI is InChI=1S/C19H18N2O2S/c1-23-19(10-13-6-2-3-7-14(13)11-19)12-20-17(22)18-21-15-8-4-5-9-16(15)24-18/h2-9H,10-12H2,1H3,(H,20,22). The van der Waals surface area contributed by atoms with E-state index in [1.165, 1.54) is 22.5 Å². The van der Waals surface area contributed by atoms with Gasteiger partial charge in [0.1, 0.15) is 0 Å². The van der Waals surface area contributed by atoms with Crippen molar-refractivity contribution in [3.63, 3.8) is 0 Å². The summed E-state index contributed by atoms with van der Waals surface area (Å²) >= 11 is 1.42. The maximum Gasteiger partial charge on any atom is 0.280 e. The molecule has 3 aromatic rings. The Kier molecular flexibility index (Phi) is 3.82. The number of amides is 1. The van der Waals surface area contributed by atoms with Crippen LogP contribution < -0.4 is 5.32 Å². The first-order chi connectivity index (χ1) is 11.7. The van der Waals surface area contributed by atoms with Crippen molar-refractivity contribution in [2.45, 2.75) is 18.4 Å². The lowest BCUT2D eigenvalue weighted by Crippen LogP contribution is -2.45. The summed E-state index contributed by atoms with van der Waals surface area (Å²) < 4.78 is 6.82. The van der Waals surface area contributed by atoms with Gasteiger partial charge in [-0.1, -0.05) is 36.4 Å². The van der Waals surface area contributed by atoms with Crippen LogP contribution >= 0.6 is 11.3 Å². The molecule has 122 valence electrons. The molecule has 0 atom stereocenters. The zero-order chi connectivity index (χ0) is 16.6. The van der Waals surface area contributed by atoms with Gasteiger partial charge in [-0.25, -0.2) is 4.98 Å². The number of thiazole rings is 1. The van der Waals surface area contributed by atoms with Crippen LogP contribution in [0.5, 0.6) is 0 Å². The van der Waals surface area contributed by atoms with Crippen molar-refractivity contribution in [1.29, 1.82) is 0 Å². The number of aromatic nitrogens is 1. The molecule has 24 heavy (non-hydrogen) atoms. The maximum absolute atomic E-state index is 12.5. The van der Waals surface area contributed by atoms with Gasteiger partial charge in [-0.15, -0.1) is 11.3 Å². The third-order valence-electron chi connectivity index (χ3n) is 4.64. The summed E-state index contributed by atoms with van der Waals surface area (Å²) in [5.74, 6) is -0.136. The molecule has 4 nitrogen and oxygen atoms in total. The number of nitrogens with zero attached hydrogens (tertiary/aromatic N) is 1. The monoisotopic (exact) mass is 338 g/mol. The molecule has 0 saturated carbocycles. The van der Waals surface area contributed by atoms with Gasteiger partial charge >= 0.3 is 0 Å². The summed E-state index contributed by atoms with van der Waals surface area (Å²) in [6.07, 6.45) is 1.64. The Morgan fingerprint density at radius 3 is 2.50 bits per heavy atom. The van der Waals surface area contributed by atoms with E-state index < -0.39 is 0 Å². The minimum atomic E-state index is -0.365. The number of benzene rings is 2. The van der Waals surface area contributed by atoms with E-state index in [4.69, 9.17) is 4.74 Å². The molecule has 0 bridgehead atoms. The highest BCUT2D eigenvalue weighted by atomic mass is 32.1. The van der Waals surface area contributed by atoms with E-state index in [-0.39, 0.29) is 11.5 Å². The first-order valence-electron chi connectivity index (χ1n) is 7.95. The molecule has 0 saturated heterocycles. The molecule has 1 heterocycles. The smallest absolute Gasteiger partial charge is 0.280 e. The van der Waals surface area contributed by atoms with Gasteiger partial charge in [-0.3, -0.25) is 4.79 Å². The highest BCUT2D eigenvalue weighted by molar-refractivity contribution is 7.20. The number of hydrogen-bond donors (Lipinski definition) is 1. The van der Waals surface area contributed by atoms with Crippen LogP contribution in [0, 0.1) is 0 Å². The lowest BCUT2D eigenvalue weighted by atomic mass is 10.00. The van der Waals surface area contributed by atoms with Gasteiger partial charge < -0.3 is 10.1 Å². The van der Waals surface area contributed by atoms with Gasteiger partial charge in [0.15, 0.2) is 5.01 Å². The molecule has 0 spiro atoms. The van der Waals surface area contributed by atoms with Crippen molar-refractivity contribution >= 4 is 27.5 Å². The predicted molar refractivity (Wildman–Crippen MR) is 95.5 cm³/mol. The lowest BCUT2D eigenvalue weighted by Gasteiger charge is -2.27. The van der Waals surface area contributed by atoms with Gasteiger partial charge in [0.05, 0.1) is 15.8 Å². The third kappa shape index (κ3) is 2.70. The third-order valence-corrected chi connectivity index (χ3v) is 5.67. The zero-order valence-corrected chi connectivity index (χ0v) is 14.2. The maximum atomic E-state index is 12.5. The van der Waals surface area contributed by atoms with E-state index in [2.05, 4.69) is 22.4 Å². The number of para-hydroxylation sites is 1. The van der Waals surface area contributed by atoms with Crippen molar-refractivity contribution in [1.82, 2.24) is 10.3 Å². The molecule has 0 radical (unpaired) electrons. The van der Waals surface area contributed by atoms with Gasteiger partial charge in [-0.2, -0.15) is 0 Å². The summed E-state index contributed by atoms with van der Waals surface area (Å²) in [5.41, 5.74) is 3.10. The molecule has 1 N–H and O–H groups in total. The van der Waals surface area contributed by atoms with Gasteiger partial charge in [0.2, 0.25) is 0 Å². The highest BCUT2D eigenvalue weighted by Gasteiger charge is 2.37. The Hall–Kier alpha value is -2.24. The highest BCUT2D eigenvalue weighted by Crippen LogP contribution is 2.32. The van der Waals surface area contributed by atoms with E-state index >= 15 is 0 Å². The Balaban J connectivity index is 1.48. The quantitative estimate of drug-likeness (QED) is 0.795. The normalized spacial score (nSPS) is 15.4. The topological polar surface area (TPSA) is 51.2 Å². The number of carbonyl (C=O) groups excluding carboxylic acids is 1. The number of ether oxygens (including phenoxy) is 1. The van der Waals surface area contributed by atoms with E-state index in [9.17, 15) is 4.79 Å². The molecule has 2 aromatic carbocycles. The molecule has 1 aliphatic rings. The summed E-state index contributed by atoms with van der Waals surface area (Å²) in [6, 6.07) is 16.1. The molecule has 0 fully saturated rings. The van der Waals surface area contributed by atoms with Crippen molar-refractivity contribution in [2.24, 2.45) is 0 Å². The van der Waals surface area contributed by atoms with Crippen LogP contribution in [0.25, 0.3) is 10.2 Å². The fourth-order valence-corrected chi connectivity index (χ4v) is 4.17. The van der Waals surface area contributed by atoms with Crippen LogP contribution in [0.15, 0.2) is 48.5 Å². The number of rotatable bonds is 4. The van der Waals surface area contributed by atoms with Crippen molar-refractivity contribution in [3.05, 3.63) is 64.7 Å². The van der Waals surface area contributed by atoms with Crippen LogP contribution in [0.4, 0.5) is 0 Å². The predicted octanol–water partition coefficient (Wildman–Crippen LogP) is 3.21.